The number of anilines is 2. The van der Waals surface area contributed by atoms with E-state index < -0.39 is 0 Å². The summed E-state index contributed by atoms with van der Waals surface area (Å²) >= 11 is 1.33. The first-order valence-corrected chi connectivity index (χ1v) is 6.62. The van der Waals surface area contributed by atoms with Crippen molar-refractivity contribution in [1.82, 2.24) is 10.2 Å². The summed E-state index contributed by atoms with van der Waals surface area (Å²) in [4.78, 5) is 12.2. The highest BCUT2D eigenvalue weighted by Gasteiger charge is 2.26. The molecule has 0 spiro atoms. The van der Waals surface area contributed by atoms with Crippen LogP contribution in [-0.4, -0.2) is 22.6 Å². The van der Waals surface area contributed by atoms with Gasteiger partial charge in [-0.25, -0.2) is 0 Å². The smallest absolute Gasteiger partial charge is 0.233 e. The number of para-hydroxylation sites is 1. The fraction of sp³-hybridized carbons (Fsp3) is 0.250. The normalized spacial score (nSPS) is 17.7. The van der Waals surface area contributed by atoms with Gasteiger partial charge in [0.2, 0.25) is 11.0 Å². The lowest BCUT2D eigenvalue weighted by atomic mass is 9.90. The topological polar surface area (TPSA) is 66.9 Å². The lowest BCUT2D eigenvalue weighted by molar-refractivity contribution is -0.117. The van der Waals surface area contributed by atoms with Crippen LogP contribution in [0.3, 0.4) is 0 Å². The zero-order valence-corrected chi connectivity index (χ0v) is 10.4. The number of carbonyl (C=O) groups is 1. The van der Waals surface area contributed by atoms with Gasteiger partial charge in [-0.2, -0.15) is 0 Å². The lowest BCUT2D eigenvalue weighted by Gasteiger charge is -2.25. The zero-order valence-electron chi connectivity index (χ0n) is 9.59. The van der Waals surface area contributed by atoms with Gasteiger partial charge < -0.3 is 5.32 Å². The summed E-state index contributed by atoms with van der Waals surface area (Å²) in [5.41, 5.74) is 3.69. The second-order valence-corrected chi connectivity index (χ2v) is 4.92. The van der Waals surface area contributed by atoms with Gasteiger partial charge in [0, 0.05) is 12.2 Å². The molecule has 1 aliphatic rings. The third kappa shape index (κ3) is 2.06. The van der Waals surface area contributed by atoms with Gasteiger partial charge in [0.05, 0.1) is 5.92 Å². The van der Waals surface area contributed by atoms with Crippen LogP contribution in [0.4, 0.5) is 10.8 Å². The second kappa shape index (κ2) is 4.73. The minimum atomic E-state index is -0.119. The molecule has 1 aliphatic heterocycles. The third-order valence-corrected chi connectivity index (χ3v) is 3.60. The van der Waals surface area contributed by atoms with Crippen LogP contribution in [0.5, 0.6) is 0 Å². The molecular weight excluding hydrogens is 248 g/mol. The summed E-state index contributed by atoms with van der Waals surface area (Å²) in [7, 11) is 0. The molecule has 0 aliphatic carbocycles. The monoisotopic (exact) mass is 260 g/mol. The number of hydrogen-bond donors (Lipinski definition) is 2. The molecule has 0 saturated carbocycles. The van der Waals surface area contributed by atoms with Crippen molar-refractivity contribution in [3.8, 4) is 0 Å². The van der Waals surface area contributed by atoms with Gasteiger partial charge in [-0.3, -0.25) is 10.1 Å². The molecule has 1 amide bonds. The summed E-state index contributed by atoms with van der Waals surface area (Å²) in [6, 6.07) is 7.92. The molecule has 1 atom stereocenters. The van der Waals surface area contributed by atoms with E-state index in [-0.39, 0.29) is 11.8 Å². The fourth-order valence-corrected chi connectivity index (χ4v) is 2.61. The molecule has 1 aromatic carbocycles. The van der Waals surface area contributed by atoms with E-state index in [2.05, 4.69) is 20.8 Å². The maximum absolute atomic E-state index is 12.2. The highest BCUT2D eigenvalue weighted by atomic mass is 32.1. The summed E-state index contributed by atoms with van der Waals surface area (Å²) in [6.45, 7) is 0.811. The molecule has 6 heteroatoms. The fourth-order valence-electron chi connectivity index (χ4n) is 2.16. The lowest BCUT2D eigenvalue weighted by Crippen LogP contribution is -2.27. The Morgan fingerprint density at radius 1 is 1.44 bits per heavy atom. The van der Waals surface area contributed by atoms with Crippen molar-refractivity contribution in [2.75, 3.05) is 17.2 Å². The summed E-state index contributed by atoms with van der Waals surface area (Å²) in [5, 5.41) is 14.2. The van der Waals surface area contributed by atoms with E-state index in [1.54, 1.807) is 5.51 Å². The molecule has 3 rings (SSSR count). The maximum atomic E-state index is 12.2. The molecular formula is C12H12N4OS. The standard InChI is InChI=1S/C12H12N4OS/c17-11(15-12-16-14-7-18-12)9-5-6-13-10-4-2-1-3-8(9)10/h1-4,7,9,13H,5-6H2,(H,15,16,17). The van der Waals surface area contributed by atoms with Crippen LogP contribution in [0.1, 0.15) is 17.9 Å². The zero-order chi connectivity index (χ0) is 12.4. The van der Waals surface area contributed by atoms with Crippen LogP contribution in [0.2, 0.25) is 0 Å². The number of nitrogens with one attached hydrogen (secondary N) is 2. The van der Waals surface area contributed by atoms with Gasteiger partial charge in [0.1, 0.15) is 5.51 Å². The third-order valence-electron chi connectivity index (χ3n) is 2.99. The first-order chi connectivity index (χ1) is 8.84. The van der Waals surface area contributed by atoms with Gasteiger partial charge in [-0.15, -0.1) is 10.2 Å². The molecule has 1 aromatic heterocycles. The Hall–Kier alpha value is -1.95. The van der Waals surface area contributed by atoms with Crippen molar-refractivity contribution in [1.29, 1.82) is 0 Å². The Labute approximate surface area is 108 Å². The largest absolute Gasteiger partial charge is 0.385 e. The molecule has 0 saturated heterocycles. The molecule has 18 heavy (non-hydrogen) atoms. The number of aromatic nitrogens is 2. The highest BCUT2D eigenvalue weighted by molar-refractivity contribution is 7.13. The van der Waals surface area contributed by atoms with Crippen LogP contribution in [0.15, 0.2) is 29.8 Å². The molecule has 92 valence electrons. The van der Waals surface area contributed by atoms with E-state index in [9.17, 15) is 4.79 Å². The van der Waals surface area contributed by atoms with E-state index >= 15 is 0 Å². The molecule has 1 unspecified atom stereocenters. The van der Waals surface area contributed by atoms with Crippen molar-refractivity contribution in [2.45, 2.75) is 12.3 Å². The number of benzene rings is 1. The van der Waals surface area contributed by atoms with E-state index in [1.807, 2.05) is 24.3 Å². The minimum Gasteiger partial charge on any atom is -0.385 e. The predicted molar refractivity (Wildman–Crippen MR) is 70.8 cm³/mol. The Bertz CT molecular complexity index is 555. The van der Waals surface area contributed by atoms with Gasteiger partial charge in [0.25, 0.3) is 0 Å². The van der Waals surface area contributed by atoms with Gasteiger partial charge >= 0.3 is 0 Å². The summed E-state index contributed by atoms with van der Waals surface area (Å²) < 4.78 is 0. The Balaban J connectivity index is 1.83. The number of fused-ring (bicyclic) bond motifs is 1. The summed E-state index contributed by atoms with van der Waals surface area (Å²) in [5.74, 6) is -0.132. The average molecular weight is 260 g/mol. The Morgan fingerprint density at radius 3 is 3.17 bits per heavy atom. The van der Waals surface area contributed by atoms with E-state index in [0.717, 1.165) is 24.2 Å². The van der Waals surface area contributed by atoms with Crippen LogP contribution >= 0.6 is 11.3 Å². The minimum absolute atomic E-state index is 0.0132. The van der Waals surface area contributed by atoms with Crippen LogP contribution in [0, 0.1) is 0 Å². The highest BCUT2D eigenvalue weighted by Crippen LogP contribution is 2.32. The van der Waals surface area contributed by atoms with Gasteiger partial charge in [-0.1, -0.05) is 29.5 Å². The number of amides is 1. The quantitative estimate of drug-likeness (QED) is 0.867. The molecule has 0 bridgehead atoms. The van der Waals surface area contributed by atoms with Gasteiger partial charge in [-0.05, 0) is 18.1 Å². The van der Waals surface area contributed by atoms with Gasteiger partial charge in [0.15, 0.2) is 0 Å². The average Bonchev–Trinajstić information content (AvgIpc) is 2.91. The molecule has 2 N–H and O–H groups in total. The molecule has 5 nitrogen and oxygen atoms in total. The Morgan fingerprint density at radius 2 is 2.33 bits per heavy atom. The second-order valence-electron chi connectivity index (χ2n) is 4.09. The van der Waals surface area contributed by atoms with Crippen molar-refractivity contribution >= 4 is 28.1 Å². The molecule has 2 heterocycles. The number of nitrogens with zero attached hydrogens (tertiary/aromatic N) is 2. The van der Waals surface area contributed by atoms with Crippen molar-refractivity contribution in [3.63, 3.8) is 0 Å². The summed E-state index contributed by atoms with van der Waals surface area (Å²) in [6.07, 6.45) is 0.793. The Kier molecular flexibility index (Phi) is 2.93. The van der Waals surface area contributed by atoms with Crippen molar-refractivity contribution < 1.29 is 4.79 Å². The van der Waals surface area contributed by atoms with E-state index in [0.29, 0.717) is 5.13 Å². The predicted octanol–water partition coefficient (Wildman–Crippen LogP) is 2.08. The van der Waals surface area contributed by atoms with E-state index in [1.165, 1.54) is 11.3 Å². The van der Waals surface area contributed by atoms with E-state index in [4.69, 9.17) is 0 Å². The number of rotatable bonds is 2. The first kappa shape index (κ1) is 11.2. The van der Waals surface area contributed by atoms with Crippen molar-refractivity contribution in [2.24, 2.45) is 0 Å². The molecule has 2 aromatic rings. The van der Waals surface area contributed by atoms with Crippen LogP contribution in [-0.2, 0) is 4.79 Å². The maximum Gasteiger partial charge on any atom is 0.233 e. The van der Waals surface area contributed by atoms with Crippen LogP contribution < -0.4 is 10.6 Å². The SMILES string of the molecule is O=C(Nc1nncs1)C1CCNc2ccccc21. The number of carbonyl (C=O) groups excluding carboxylic acids is 1. The first-order valence-electron chi connectivity index (χ1n) is 5.74. The number of hydrogen-bond acceptors (Lipinski definition) is 5. The van der Waals surface area contributed by atoms with Crippen LogP contribution in [0.25, 0.3) is 0 Å². The van der Waals surface area contributed by atoms with Crippen molar-refractivity contribution in [3.05, 3.63) is 35.3 Å². The molecule has 0 radical (unpaired) electrons. The molecule has 0 fully saturated rings.